The number of rotatable bonds is 5. The molecule has 0 radical (unpaired) electrons. The standard InChI is InChI=1S/C26H30N6O3/c1-30-22-17-27-26(29-25(22)32(15-12-24(30)34)18-6-4-3-5-7-18)28-21-9-8-19(16-23(21)35-2)31-13-10-20(33)11-14-31/h3-9,16-17,20,33H,10-15H2,1-2H3,(H,27,28,29). The smallest absolute Gasteiger partial charge is 0.229 e. The second-order valence-electron chi connectivity index (χ2n) is 8.82. The molecule has 5 rings (SSSR count). The van der Waals surface area contributed by atoms with Crippen LogP contribution in [-0.2, 0) is 4.79 Å². The van der Waals surface area contributed by atoms with Crippen molar-refractivity contribution in [2.45, 2.75) is 25.4 Å². The largest absolute Gasteiger partial charge is 0.494 e. The van der Waals surface area contributed by atoms with Crippen LogP contribution in [0, 0.1) is 0 Å². The predicted octanol–water partition coefficient (Wildman–Crippen LogP) is 3.69. The number of fused-ring (bicyclic) bond motifs is 1. The molecule has 0 bridgehead atoms. The van der Waals surface area contributed by atoms with E-state index in [9.17, 15) is 9.90 Å². The van der Waals surface area contributed by atoms with E-state index in [1.165, 1.54) is 0 Å². The summed E-state index contributed by atoms with van der Waals surface area (Å²) in [5.41, 5.74) is 3.43. The molecular weight excluding hydrogens is 444 g/mol. The van der Waals surface area contributed by atoms with Crippen LogP contribution in [0.2, 0.25) is 0 Å². The van der Waals surface area contributed by atoms with E-state index >= 15 is 0 Å². The Labute approximate surface area is 205 Å². The quantitative estimate of drug-likeness (QED) is 0.578. The number of nitrogens with zero attached hydrogens (tertiary/aromatic N) is 5. The van der Waals surface area contributed by atoms with Crippen molar-refractivity contribution in [3.05, 3.63) is 54.7 Å². The summed E-state index contributed by atoms with van der Waals surface area (Å²) in [6, 6.07) is 15.9. The molecule has 0 atom stereocenters. The molecule has 35 heavy (non-hydrogen) atoms. The Bertz CT molecular complexity index is 1200. The van der Waals surface area contributed by atoms with Crippen LogP contribution in [0.3, 0.4) is 0 Å². The number of nitrogens with one attached hydrogen (secondary N) is 1. The molecule has 1 aromatic heterocycles. The Morgan fingerprint density at radius 2 is 1.83 bits per heavy atom. The lowest BCUT2D eigenvalue weighted by molar-refractivity contribution is -0.118. The minimum absolute atomic E-state index is 0.0245. The highest BCUT2D eigenvalue weighted by Crippen LogP contribution is 2.37. The van der Waals surface area contributed by atoms with Crippen molar-refractivity contribution >= 4 is 40.4 Å². The summed E-state index contributed by atoms with van der Waals surface area (Å²) in [5, 5.41) is 13.1. The van der Waals surface area contributed by atoms with Gasteiger partial charge in [0.05, 0.1) is 25.1 Å². The van der Waals surface area contributed by atoms with Crippen molar-refractivity contribution in [2.75, 3.05) is 53.8 Å². The van der Waals surface area contributed by atoms with Gasteiger partial charge in [-0.3, -0.25) is 4.79 Å². The van der Waals surface area contributed by atoms with Gasteiger partial charge in [0.15, 0.2) is 5.82 Å². The number of aromatic nitrogens is 2. The summed E-state index contributed by atoms with van der Waals surface area (Å²) < 4.78 is 5.67. The summed E-state index contributed by atoms with van der Waals surface area (Å²) >= 11 is 0. The average molecular weight is 475 g/mol. The van der Waals surface area contributed by atoms with Crippen LogP contribution in [0.25, 0.3) is 0 Å². The number of aliphatic hydroxyl groups excluding tert-OH is 1. The summed E-state index contributed by atoms with van der Waals surface area (Å²) in [4.78, 5) is 27.8. The van der Waals surface area contributed by atoms with E-state index in [1.807, 2.05) is 48.5 Å². The fourth-order valence-electron chi connectivity index (χ4n) is 4.56. The van der Waals surface area contributed by atoms with Crippen molar-refractivity contribution in [2.24, 2.45) is 0 Å². The minimum Gasteiger partial charge on any atom is -0.494 e. The monoisotopic (exact) mass is 474 g/mol. The van der Waals surface area contributed by atoms with Gasteiger partial charge in [0.25, 0.3) is 0 Å². The molecule has 2 N–H and O–H groups in total. The highest BCUT2D eigenvalue weighted by molar-refractivity contribution is 5.98. The number of hydrogen-bond acceptors (Lipinski definition) is 8. The van der Waals surface area contributed by atoms with Crippen molar-refractivity contribution in [3.63, 3.8) is 0 Å². The normalized spacial score (nSPS) is 16.7. The third-order valence-corrected chi connectivity index (χ3v) is 6.62. The van der Waals surface area contributed by atoms with Gasteiger partial charge in [0.2, 0.25) is 11.9 Å². The zero-order chi connectivity index (χ0) is 24.4. The number of carbonyl (C=O) groups excluding carboxylic acids is 1. The number of benzene rings is 2. The molecule has 0 spiro atoms. The Balaban J connectivity index is 1.45. The van der Waals surface area contributed by atoms with Crippen LogP contribution in [-0.4, -0.2) is 60.9 Å². The number of carbonyl (C=O) groups is 1. The third-order valence-electron chi connectivity index (χ3n) is 6.62. The molecular formula is C26H30N6O3. The van der Waals surface area contributed by atoms with Gasteiger partial charge in [-0.15, -0.1) is 0 Å². The second kappa shape index (κ2) is 9.79. The molecule has 3 aromatic rings. The number of hydrogen-bond donors (Lipinski definition) is 2. The molecule has 9 nitrogen and oxygen atoms in total. The molecule has 3 heterocycles. The van der Waals surface area contributed by atoms with Crippen molar-refractivity contribution in [1.82, 2.24) is 9.97 Å². The van der Waals surface area contributed by atoms with E-state index in [2.05, 4.69) is 20.1 Å². The number of ether oxygens (including phenoxy) is 1. The zero-order valence-electron chi connectivity index (χ0n) is 20.0. The Morgan fingerprint density at radius 1 is 1.06 bits per heavy atom. The van der Waals surface area contributed by atoms with Gasteiger partial charge in [-0.05, 0) is 37.1 Å². The highest BCUT2D eigenvalue weighted by Gasteiger charge is 2.27. The summed E-state index contributed by atoms with van der Waals surface area (Å²) in [7, 11) is 3.40. The first kappa shape index (κ1) is 22.9. The first-order valence-corrected chi connectivity index (χ1v) is 11.9. The zero-order valence-corrected chi connectivity index (χ0v) is 20.0. The first-order valence-electron chi connectivity index (χ1n) is 11.9. The molecule has 182 valence electrons. The van der Waals surface area contributed by atoms with Crippen molar-refractivity contribution in [3.8, 4) is 5.75 Å². The van der Waals surface area contributed by atoms with Crippen LogP contribution in [0.1, 0.15) is 19.3 Å². The molecule has 1 amide bonds. The van der Waals surface area contributed by atoms with Gasteiger partial charge >= 0.3 is 0 Å². The average Bonchev–Trinajstić information content (AvgIpc) is 3.01. The van der Waals surface area contributed by atoms with Gasteiger partial charge in [0.1, 0.15) is 11.4 Å². The van der Waals surface area contributed by atoms with Crippen LogP contribution in [0.5, 0.6) is 5.75 Å². The summed E-state index contributed by atoms with van der Waals surface area (Å²) in [6.07, 6.45) is 3.38. The Morgan fingerprint density at radius 3 is 2.57 bits per heavy atom. The van der Waals surface area contributed by atoms with E-state index in [0.29, 0.717) is 36.2 Å². The van der Waals surface area contributed by atoms with Crippen LogP contribution in [0.15, 0.2) is 54.7 Å². The minimum atomic E-state index is -0.218. The number of amides is 1. The van der Waals surface area contributed by atoms with Gasteiger partial charge in [-0.25, -0.2) is 4.98 Å². The lowest BCUT2D eigenvalue weighted by Gasteiger charge is -2.31. The molecule has 2 aromatic carbocycles. The molecule has 9 heteroatoms. The van der Waals surface area contributed by atoms with Crippen molar-refractivity contribution in [1.29, 1.82) is 0 Å². The van der Waals surface area contributed by atoms with Gasteiger partial charge in [-0.1, -0.05) is 18.2 Å². The summed E-state index contributed by atoms with van der Waals surface area (Å²) in [6.45, 7) is 2.15. The SMILES string of the molecule is COc1cc(N2CCC(O)CC2)ccc1Nc1ncc2c(n1)N(c1ccccc1)CCC(=O)N2C. The maximum Gasteiger partial charge on any atom is 0.229 e. The lowest BCUT2D eigenvalue weighted by Crippen LogP contribution is -2.35. The van der Waals surface area contributed by atoms with Crippen LogP contribution in [0.4, 0.5) is 34.5 Å². The number of para-hydroxylation sites is 1. The number of anilines is 6. The maximum atomic E-state index is 12.6. The van der Waals surface area contributed by atoms with Crippen molar-refractivity contribution < 1.29 is 14.6 Å². The fraction of sp³-hybridized carbons (Fsp3) is 0.346. The molecule has 1 fully saturated rings. The van der Waals surface area contributed by atoms with Gasteiger partial charge < -0.3 is 29.9 Å². The molecule has 0 aliphatic carbocycles. The molecule has 2 aliphatic rings. The molecule has 1 saturated heterocycles. The fourth-order valence-corrected chi connectivity index (χ4v) is 4.56. The predicted molar refractivity (Wildman–Crippen MR) is 137 cm³/mol. The van der Waals surface area contributed by atoms with Crippen LogP contribution < -0.4 is 24.8 Å². The molecule has 0 unspecified atom stereocenters. The summed E-state index contributed by atoms with van der Waals surface area (Å²) in [5.74, 6) is 1.79. The highest BCUT2D eigenvalue weighted by atomic mass is 16.5. The van der Waals surface area contributed by atoms with Gasteiger partial charge in [0, 0.05) is 50.5 Å². The second-order valence-corrected chi connectivity index (χ2v) is 8.82. The topological polar surface area (TPSA) is 94.1 Å². The number of aliphatic hydroxyl groups is 1. The lowest BCUT2D eigenvalue weighted by atomic mass is 10.1. The number of piperidine rings is 1. The van der Waals surface area contributed by atoms with Gasteiger partial charge in [-0.2, -0.15) is 4.98 Å². The van der Waals surface area contributed by atoms with E-state index in [1.54, 1.807) is 25.3 Å². The molecule has 2 aliphatic heterocycles. The first-order chi connectivity index (χ1) is 17.0. The molecule has 0 saturated carbocycles. The third kappa shape index (κ3) is 4.72. The Kier molecular flexibility index (Phi) is 6.41. The Hall–Kier alpha value is -3.85. The maximum absolute atomic E-state index is 12.6. The van der Waals surface area contributed by atoms with E-state index in [-0.39, 0.29) is 12.0 Å². The van der Waals surface area contributed by atoms with E-state index < -0.39 is 0 Å². The van der Waals surface area contributed by atoms with Crippen LogP contribution >= 0.6 is 0 Å². The van der Waals surface area contributed by atoms with E-state index in [0.717, 1.165) is 43.0 Å². The van der Waals surface area contributed by atoms with E-state index in [4.69, 9.17) is 9.72 Å². The number of methoxy groups -OCH3 is 1.